The van der Waals surface area contributed by atoms with E-state index >= 15 is 0 Å². The molecule has 0 amide bonds. The second kappa shape index (κ2) is 4.82. The summed E-state index contributed by atoms with van der Waals surface area (Å²) in [6.45, 7) is 3.46. The third-order valence-electron chi connectivity index (χ3n) is 2.23. The number of aromatic nitrogens is 2. The SMILES string of the molecule is Cc1ccc(OCc2nc(C)no2)c([N+](=O)[O-])c1. The van der Waals surface area contributed by atoms with Crippen LogP contribution in [0.25, 0.3) is 0 Å². The van der Waals surface area contributed by atoms with Crippen LogP contribution in [-0.4, -0.2) is 15.1 Å². The Morgan fingerprint density at radius 1 is 1.44 bits per heavy atom. The molecular formula is C11H11N3O4. The molecule has 0 atom stereocenters. The molecule has 0 aliphatic rings. The maximum atomic E-state index is 10.9. The molecule has 0 aliphatic carbocycles. The van der Waals surface area contributed by atoms with E-state index in [1.54, 1.807) is 26.0 Å². The lowest BCUT2D eigenvalue weighted by atomic mass is 10.2. The molecule has 1 heterocycles. The number of hydrogen-bond donors (Lipinski definition) is 0. The molecule has 94 valence electrons. The molecule has 7 nitrogen and oxygen atoms in total. The lowest BCUT2D eigenvalue weighted by Gasteiger charge is -2.04. The van der Waals surface area contributed by atoms with Crippen molar-refractivity contribution >= 4 is 5.69 Å². The summed E-state index contributed by atoms with van der Waals surface area (Å²) >= 11 is 0. The highest BCUT2D eigenvalue weighted by Crippen LogP contribution is 2.28. The average Bonchev–Trinajstić information content (AvgIpc) is 2.73. The first kappa shape index (κ1) is 12.0. The summed E-state index contributed by atoms with van der Waals surface area (Å²) in [6.07, 6.45) is 0. The van der Waals surface area contributed by atoms with Crippen LogP contribution in [0.2, 0.25) is 0 Å². The number of aryl methyl sites for hydroxylation is 2. The Hall–Kier alpha value is -2.44. The minimum atomic E-state index is -0.485. The maximum absolute atomic E-state index is 10.9. The van der Waals surface area contributed by atoms with Crippen molar-refractivity contribution < 1.29 is 14.2 Å². The predicted molar refractivity (Wildman–Crippen MR) is 61.2 cm³/mol. The second-order valence-corrected chi connectivity index (χ2v) is 3.75. The zero-order valence-electron chi connectivity index (χ0n) is 9.91. The monoisotopic (exact) mass is 249 g/mol. The van der Waals surface area contributed by atoms with Gasteiger partial charge in [0, 0.05) is 6.07 Å². The molecule has 1 aromatic carbocycles. The Bertz CT molecular complexity index is 579. The second-order valence-electron chi connectivity index (χ2n) is 3.75. The van der Waals surface area contributed by atoms with Crippen LogP contribution in [0.3, 0.4) is 0 Å². The van der Waals surface area contributed by atoms with Gasteiger partial charge in [-0.05, 0) is 25.5 Å². The van der Waals surface area contributed by atoms with E-state index in [1.807, 2.05) is 0 Å². The van der Waals surface area contributed by atoms with Crippen molar-refractivity contribution in [2.24, 2.45) is 0 Å². The van der Waals surface area contributed by atoms with Gasteiger partial charge in [0.2, 0.25) is 0 Å². The standard InChI is InChI=1S/C11H11N3O4/c1-7-3-4-10(9(5-7)14(15)16)17-6-11-12-8(2)13-18-11/h3-5H,6H2,1-2H3. The summed E-state index contributed by atoms with van der Waals surface area (Å²) in [6, 6.07) is 4.74. The van der Waals surface area contributed by atoms with Crippen LogP contribution in [0, 0.1) is 24.0 Å². The van der Waals surface area contributed by atoms with E-state index in [2.05, 4.69) is 10.1 Å². The van der Waals surface area contributed by atoms with Crippen LogP contribution in [0.4, 0.5) is 5.69 Å². The van der Waals surface area contributed by atoms with Crippen molar-refractivity contribution in [2.75, 3.05) is 0 Å². The molecule has 1 aromatic heterocycles. The number of nitro benzene ring substituents is 1. The lowest BCUT2D eigenvalue weighted by molar-refractivity contribution is -0.386. The van der Waals surface area contributed by atoms with Crippen molar-refractivity contribution in [3.8, 4) is 5.75 Å². The van der Waals surface area contributed by atoms with Crippen LogP contribution in [0.1, 0.15) is 17.3 Å². The molecule has 18 heavy (non-hydrogen) atoms. The summed E-state index contributed by atoms with van der Waals surface area (Å²) in [4.78, 5) is 14.3. The van der Waals surface area contributed by atoms with Crippen molar-refractivity contribution in [3.63, 3.8) is 0 Å². The van der Waals surface area contributed by atoms with E-state index in [9.17, 15) is 10.1 Å². The Morgan fingerprint density at radius 3 is 2.83 bits per heavy atom. The third-order valence-corrected chi connectivity index (χ3v) is 2.23. The van der Waals surface area contributed by atoms with Crippen LogP contribution in [0.15, 0.2) is 22.7 Å². The van der Waals surface area contributed by atoms with Crippen LogP contribution in [-0.2, 0) is 6.61 Å². The first-order valence-electron chi connectivity index (χ1n) is 5.23. The smallest absolute Gasteiger partial charge is 0.311 e. The highest BCUT2D eigenvalue weighted by atomic mass is 16.6. The summed E-state index contributed by atoms with van der Waals surface area (Å²) in [5.74, 6) is 0.954. The molecule has 0 aliphatic heterocycles. The Balaban J connectivity index is 2.16. The summed E-state index contributed by atoms with van der Waals surface area (Å²) < 4.78 is 10.2. The fourth-order valence-electron chi connectivity index (χ4n) is 1.43. The molecule has 0 N–H and O–H groups in total. The van der Waals surface area contributed by atoms with Gasteiger partial charge < -0.3 is 9.26 Å². The molecule has 0 unspecified atom stereocenters. The molecule has 0 saturated carbocycles. The molecular weight excluding hydrogens is 238 g/mol. The normalized spacial score (nSPS) is 10.3. The molecule has 0 fully saturated rings. The number of nitro groups is 1. The van der Waals surface area contributed by atoms with E-state index < -0.39 is 4.92 Å². The van der Waals surface area contributed by atoms with E-state index in [4.69, 9.17) is 9.26 Å². The van der Waals surface area contributed by atoms with E-state index in [1.165, 1.54) is 6.07 Å². The largest absolute Gasteiger partial charge is 0.477 e. The number of nitrogens with zero attached hydrogens (tertiary/aromatic N) is 3. The van der Waals surface area contributed by atoms with Crippen LogP contribution >= 0.6 is 0 Å². The Morgan fingerprint density at radius 2 is 2.22 bits per heavy atom. The summed E-state index contributed by atoms with van der Waals surface area (Å²) in [7, 11) is 0. The maximum Gasteiger partial charge on any atom is 0.311 e. The molecule has 0 radical (unpaired) electrons. The zero-order chi connectivity index (χ0) is 13.1. The third kappa shape index (κ3) is 2.62. The van der Waals surface area contributed by atoms with Crippen molar-refractivity contribution in [3.05, 3.63) is 45.6 Å². The Labute approximate surface area is 103 Å². The zero-order valence-corrected chi connectivity index (χ0v) is 9.91. The summed E-state index contributed by atoms with van der Waals surface area (Å²) in [5, 5.41) is 14.5. The average molecular weight is 249 g/mol. The van der Waals surface area contributed by atoms with Gasteiger partial charge in [0.05, 0.1) is 4.92 Å². The number of benzene rings is 1. The lowest BCUT2D eigenvalue weighted by Crippen LogP contribution is -1.99. The number of rotatable bonds is 4. The van der Waals surface area contributed by atoms with Gasteiger partial charge in [-0.15, -0.1) is 0 Å². The van der Waals surface area contributed by atoms with E-state index in [0.29, 0.717) is 5.82 Å². The van der Waals surface area contributed by atoms with Crippen molar-refractivity contribution in [2.45, 2.75) is 20.5 Å². The Kier molecular flexibility index (Phi) is 3.22. The minimum absolute atomic E-state index is 0.00470. The van der Waals surface area contributed by atoms with Crippen molar-refractivity contribution in [1.82, 2.24) is 10.1 Å². The quantitative estimate of drug-likeness (QED) is 0.609. The van der Waals surface area contributed by atoms with Gasteiger partial charge in [0.15, 0.2) is 18.2 Å². The van der Waals surface area contributed by atoms with E-state index in [0.717, 1.165) is 5.56 Å². The van der Waals surface area contributed by atoms with Crippen LogP contribution in [0.5, 0.6) is 5.75 Å². The molecule has 7 heteroatoms. The molecule has 2 aromatic rings. The summed E-state index contributed by atoms with van der Waals surface area (Å²) in [5.41, 5.74) is 0.717. The molecule has 0 bridgehead atoms. The highest BCUT2D eigenvalue weighted by molar-refractivity contribution is 5.48. The van der Waals surface area contributed by atoms with E-state index in [-0.39, 0.29) is 23.9 Å². The first-order valence-corrected chi connectivity index (χ1v) is 5.23. The highest BCUT2D eigenvalue weighted by Gasteiger charge is 2.16. The topological polar surface area (TPSA) is 91.3 Å². The number of hydrogen-bond acceptors (Lipinski definition) is 6. The van der Waals surface area contributed by atoms with Crippen LogP contribution < -0.4 is 4.74 Å². The van der Waals surface area contributed by atoms with Gasteiger partial charge in [-0.3, -0.25) is 10.1 Å². The molecule has 0 spiro atoms. The number of ether oxygens (including phenoxy) is 1. The van der Waals surface area contributed by atoms with Crippen molar-refractivity contribution in [1.29, 1.82) is 0 Å². The van der Waals surface area contributed by atoms with Gasteiger partial charge in [0.1, 0.15) is 0 Å². The molecule has 2 rings (SSSR count). The fraction of sp³-hybridized carbons (Fsp3) is 0.273. The van der Waals surface area contributed by atoms with Gasteiger partial charge in [-0.2, -0.15) is 4.98 Å². The van der Waals surface area contributed by atoms with Gasteiger partial charge in [-0.1, -0.05) is 11.2 Å². The van der Waals surface area contributed by atoms with Gasteiger partial charge in [-0.25, -0.2) is 0 Å². The molecule has 0 saturated heterocycles. The van der Waals surface area contributed by atoms with Gasteiger partial charge >= 0.3 is 5.69 Å². The first-order chi connectivity index (χ1) is 8.56. The predicted octanol–water partition coefficient (Wildman–Crippen LogP) is 2.17. The van der Waals surface area contributed by atoms with Gasteiger partial charge in [0.25, 0.3) is 5.89 Å². The minimum Gasteiger partial charge on any atom is -0.477 e. The fourth-order valence-corrected chi connectivity index (χ4v) is 1.43.